The summed E-state index contributed by atoms with van der Waals surface area (Å²) in [6.45, 7) is 4.83. The van der Waals surface area contributed by atoms with E-state index in [-0.39, 0.29) is 23.1 Å². The van der Waals surface area contributed by atoms with Crippen LogP contribution in [-0.2, 0) is 4.79 Å². The fraction of sp³-hybridized carbons (Fsp3) is 0.529. The predicted molar refractivity (Wildman–Crippen MR) is 86.2 cm³/mol. The Morgan fingerprint density at radius 1 is 1.40 bits per heavy atom. The largest absolute Gasteiger partial charge is 0.483 e. The van der Waals surface area contributed by atoms with E-state index in [0.717, 1.165) is 5.56 Å². The highest BCUT2D eigenvalue weighted by atomic mass is 19.4. The molecular weight excluding hydrogens is 337 g/mol. The topological polar surface area (TPSA) is 62.1 Å². The molecule has 138 valence electrons. The first kappa shape index (κ1) is 19.2. The second kappa shape index (κ2) is 7.03. The Morgan fingerprint density at radius 3 is 2.60 bits per heavy atom. The Balaban J connectivity index is 2.18. The van der Waals surface area contributed by atoms with Gasteiger partial charge in [-0.3, -0.25) is 4.79 Å². The zero-order valence-corrected chi connectivity index (χ0v) is 14.3. The van der Waals surface area contributed by atoms with Gasteiger partial charge >= 0.3 is 6.18 Å². The van der Waals surface area contributed by atoms with Crippen LogP contribution in [0.4, 0.5) is 13.2 Å². The number of hydrogen-bond acceptors (Lipinski definition) is 4. The lowest BCUT2D eigenvalue weighted by atomic mass is 10.0. The van der Waals surface area contributed by atoms with Crippen molar-refractivity contribution in [2.75, 3.05) is 6.61 Å². The highest BCUT2D eigenvalue weighted by Crippen LogP contribution is 2.40. The van der Waals surface area contributed by atoms with Crippen molar-refractivity contribution in [1.82, 2.24) is 5.01 Å². The van der Waals surface area contributed by atoms with Gasteiger partial charge in [-0.1, -0.05) is 39.0 Å². The van der Waals surface area contributed by atoms with Crippen molar-refractivity contribution in [3.8, 4) is 5.75 Å². The van der Waals surface area contributed by atoms with E-state index in [1.165, 1.54) is 0 Å². The molecule has 2 rings (SSSR count). The average molecular weight is 358 g/mol. The summed E-state index contributed by atoms with van der Waals surface area (Å²) in [6, 6.07) is 6.98. The maximum atomic E-state index is 13.2. The number of halogens is 3. The van der Waals surface area contributed by atoms with E-state index >= 15 is 0 Å². The molecule has 0 fully saturated rings. The van der Waals surface area contributed by atoms with Gasteiger partial charge < -0.3 is 9.84 Å². The summed E-state index contributed by atoms with van der Waals surface area (Å²) in [6.07, 6.45) is -5.56. The van der Waals surface area contributed by atoms with Crippen LogP contribution < -0.4 is 4.74 Å². The van der Waals surface area contributed by atoms with Crippen LogP contribution in [0, 0.1) is 0 Å². The molecule has 1 aliphatic rings. The molecule has 1 aromatic carbocycles. The highest BCUT2D eigenvalue weighted by Gasteiger charge is 2.62. The Labute approximate surface area is 144 Å². The van der Waals surface area contributed by atoms with E-state index in [4.69, 9.17) is 4.74 Å². The van der Waals surface area contributed by atoms with Crippen molar-refractivity contribution in [1.29, 1.82) is 0 Å². The van der Waals surface area contributed by atoms with Gasteiger partial charge in [-0.05, 0) is 24.0 Å². The third-order valence-electron chi connectivity index (χ3n) is 4.03. The normalized spacial score (nSPS) is 20.8. The van der Waals surface area contributed by atoms with Crippen molar-refractivity contribution >= 4 is 11.6 Å². The molecule has 0 bridgehead atoms. The number of alkyl halides is 3. The van der Waals surface area contributed by atoms with E-state index in [2.05, 4.69) is 5.10 Å². The van der Waals surface area contributed by atoms with Gasteiger partial charge in [-0.15, -0.1) is 0 Å². The fourth-order valence-corrected chi connectivity index (χ4v) is 2.59. The van der Waals surface area contributed by atoms with Crippen molar-refractivity contribution in [3.63, 3.8) is 0 Å². The summed E-state index contributed by atoms with van der Waals surface area (Å²) in [5.74, 6) is -0.517. The van der Waals surface area contributed by atoms with Crippen LogP contribution in [0.5, 0.6) is 5.75 Å². The molecule has 0 aliphatic carbocycles. The summed E-state index contributed by atoms with van der Waals surface area (Å²) < 4.78 is 45.1. The summed E-state index contributed by atoms with van der Waals surface area (Å²) in [5.41, 5.74) is -2.38. The van der Waals surface area contributed by atoms with Gasteiger partial charge in [-0.25, -0.2) is 0 Å². The SMILES string of the molecule is CCC1=NN(C(=O)COc2ccccc2C(C)C)[C@](O)(C(F)(F)F)C1. The van der Waals surface area contributed by atoms with Crippen molar-refractivity contribution in [2.24, 2.45) is 5.10 Å². The van der Waals surface area contributed by atoms with E-state index < -0.39 is 30.8 Å². The molecule has 1 aliphatic heterocycles. The maximum absolute atomic E-state index is 13.2. The van der Waals surface area contributed by atoms with Gasteiger partial charge in [0.15, 0.2) is 6.61 Å². The average Bonchev–Trinajstić information content (AvgIpc) is 2.91. The van der Waals surface area contributed by atoms with Gasteiger partial charge in [-0.2, -0.15) is 23.3 Å². The molecule has 1 amide bonds. The minimum atomic E-state index is -5.01. The Morgan fingerprint density at radius 2 is 2.04 bits per heavy atom. The first-order valence-corrected chi connectivity index (χ1v) is 8.00. The van der Waals surface area contributed by atoms with Crippen molar-refractivity contribution in [2.45, 2.75) is 51.4 Å². The number of rotatable bonds is 5. The minimum Gasteiger partial charge on any atom is -0.483 e. The molecule has 0 unspecified atom stereocenters. The number of carbonyl (C=O) groups is 1. The number of hydrogen-bond donors (Lipinski definition) is 1. The molecule has 1 atom stereocenters. The third-order valence-corrected chi connectivity index (χ3v) is 4.03. The molecule has 25 heavy (non-hydrogen) atoms. The molecular formula is C17H21F3N2O3. The van der Waals surface area contributed by atoms with Gasteiger partial charge in [0.2, 0.25) is 0 Å². The summed E-state index contributed by atoms with van der Waals surface area (Å²) in [4.78, 5) is 12.3. The zero-order valence-electron chi connectivity index (χ0n) is 14.3. The Hall–Kier alpha value is -2.09. The molecule has 0 spiro atoms. The van der Waals surface area contributed by atoms with Crippen LogP contribution in [-0.4, -0.2) is 40.2 Å². The van der Waals surface area contributed by atoms with Crippen LogP contribution >= 0.6 is 0 Å². The van der Waals surface area contributed by atoms with Crippen LogP contribution in [0.3, 0.4) is 0 Å². The number of ether oxygens (including phenoxy) is 1. The number of aliphatic hydroxyl groups is 1. The number of para-hydroxylation sites is 1. The standard InChI is InChI=1S/C17H21F3N2O3/c1-4-12-9-16(24,17(18,19)20)22(21-12)15(23)10-25-14-8-6-5-7-13(14)11(2)3/h5-8,11,24H,4,9-10H2,1-3H3/t16-/m1/s1. The van der Waals surface area contributed by atoms with Crippen LogP contribution in [0.2, 0.25) is 0 Å². The lowest BCUT2D eigenvalue weighted by Crippen LogP contribution is -2.57. The van der Waals surface area contributed by atoms with Gasteiger partial charge in [0.25, 0.3) is 11.6 Å². The highest BCUT2D eigenvalue weighted by molar-refractivity contribution is 5.91. The Kier molecular flexibility index (Phi) is 5.41. The van der Waals surface area contributed by atoms with Crippen LogP contribution in [0.25, 0.3) is 0 Å². The van der Waals surface area contributed by atoms with Crippen molar-refractivity contribution in [3.05, 3.63) is 29.8 Å². The summed E-state index contributed by atoms with van der Waals surface area (Å²) >= 11 is 0. The minimum absolute atomic E-state index is 0.101. The number of benzene rings is 1. The second-order valence-corrected chi connectivity index (χ2v) is 6.20. The lowest BCUT2D eigenvalue weighted by Gasteiger charge is -2.32. The first-order valence-electron chi connectivity index (χ1n) is 8.00. The second-order valence-electron chi connectivity index (χ2n) is 6.20. The van der Waals surface area contributed by atoms with E-state index in [1.54, 1.807) is 19.1 Å². The summed E-state index contributed by atoms with van der Waals surface area (Å²) in [5, 5.41) is 13.8. The van der Waals surface area contributed by atoms with Gasteiger partial charge in [0.05, 0.1) is 0 Å². The number of nitrogens with zero attached hydrogens (tertiary/aromatic N) is 2. The van der Waals surface area contributed by atoms with E-state index in [9.17, 15) is 23.1 Å². The number of carbonyl (C=O) groups excluding carboxylic acids is 1. The monoisotopic (exact) mass is 358 g/mol. The molecule has 0 saturated heterocycles. The number of amides is 1. The zero-order chi connectivity index (χ0) is 18.8. The molecule has 0 aromatic heterocycles. The Bertz CT molecular complexity index is 673. The smallest absolute Gasteiger partial charge is 0.438 e. The fourth-order valence-electron chi connectivity index (χ4n) is 2.59. The molecule has 1 heterocycles. The van der Waals surface area contributed by atoms with Crippen LogP contribution in [0.15, 0.2) is 29.4 Å². The quantitative estimate of drug-likeness (QED) is 0.877. The lowest BCUT2D eigenvalue weighted by molar-refractivity contribution is -0.302. The maximum Gasteiger partial charge on any atom is 0.438 e. The van der Waals surface area contributed by atoms with Gasteiger partial charge in [0, 0.05) is 12.1 Å². The van der Waals surface area contributed by atoms with Crippen molar-refractivity contribution < 1.29 is 27.8 Å². The van der Waals surface area contributed by atoms with E-state index in [1.807, 2.05) is 26.0 Å². The molecule has 0 saturated carbocycles. The van der Waals surface area contributed by atoms with E-state index in [0.29, 0.717) is 5.75 Å². The van der Waals surface area contributed by atoms with Crippen LogP contribution in [0.1, 0.15) is 45.1 Å². The molecule has 8 heteroatoms. The summed E-state index contributed by atoms with van der Waals surface area (Å²) in [7, 11) is 0. The van der Waals surface area contributed by atoms with Gasteiger partial charge in [0.1, 0.15) is 5.75 Å². The molecule has 1 N–H and O–H groups in total. The molecule has 0 radical (unpaired) electrons. The number of hydrazone groups is 1. The predicted octanol–water partition coefficient (Wildman–Crippen LogP) is 3.44. The molecule has 5 nitrogen and oxygen atoms in total. The molecule has 1 aromatic rings. The first-order chi connectivity index (χ1) is 11.6. The third kappa shape index (κ3) is 3.78.